The minimum absolute atomic E-state index is 0.730. The molecule has 2 nitrogen and oxygen atoms in total. The number of thiophene rings is 1. The van der Waals surface area contributed by atoms with Gasteiger partial charge in [0.05, 0.1) is 0 Å². The van der Waals surface area contributed by atoms with Gasteiger partial charge >= 0.3 is 0 Å². The lowest BCUT2D eigenvalue weighted by Crippen LogP contribution is -2.25. The Bertz CT molecular complexity index is 563. The third-order valence-corrected chi connectivity index (χ3v) is 5.44. The number of para-hydroxylation sites is 1. The third-order valence-electron chi connectivity index (χ3n) is 3.53. The van der Waals surface area contributed by atoms with E-state index in [4.69, 9.17) is 5.73 Å². The Labute approximate surface area is 126 Å². The van der Waals surface area contributed by atoms with Crippen LogP contribution in [0.4, 0.5) is 5.69 Å². The molecule has 1 saturated carbocycles. The summed E-state index contributed by atoms with van der Waals surface area (Å²) in [4.78, 5) is 3.95. The summed E-state index contributed by atoms with van der Waals surface area (Å²) >= 11 is 5.44. The van der Waals surface area contributed by atoms with Crippen molar-refractivity contribution in [2.45, 2.75) is 32.0 Å². The van der Waals surface area contributed by atoms with Gasteiger partial charge in [0.2, 0.25) is 0 Å². The van der Waals surface area contributed by atoms with Crippen molar-refractivity contribution in [1.29, 1.82) is 0 Å². The van der Waals surface area contributed by atoms with Gasteiger partial charge in [-0.05, 0) is 51.8 Å². The van der Waals surface area contributed by atoms with E-state index >= 15 is 0 Å². The molecule has 1 aliphatic rings. The molecular weight excluding hydrogens is 320 g/mol. The Hall–Kier alpha value is -0.840. The molecule has 1 fully saturated rings. The molecule has 1 aromatic heterocycles. The maximum absolute atomic E-state index is 6.06. The number of benzene rings is 1. The molecule has 1 aromatic carbocycles. The van der Waals surface area contributed by atoms with Crippen LogP contribution < -0.4 is 5.73 Å². The molecule has 4 heteroatoms. The molecule has 0 bridgehead atoms. The summed E-state index contributed by atoms with van der Waals surface area (Å²) in [6.45, 7) is 1.96. The molecule has 0 spiro atoms. The van der Waals surface area contributed by atoms with Gasteiger partial charge in [0.1, 0.15) is 0 Å². The zero-order valence-electron chi connectivity index (χ0n) is 10.7. The average Bonchev–Trinajstić information content (AvgIpc) is 3.17. The molecular formula is C15H17BrN2S. The van der Waals surface area contributed by atoms with Crippen LogP contribution in [0.1, 0.15) is 23.3 Å². The van der Waals surface area contributed by atoms with Crippen LogP contribution in [0.15, 0.2) is 40.2 Å². The van der Waals surface area contributed by atoms with Crippen molar-refractivity contribution in [3.05, 3.63) is 50.6 Å². The lowest BCUT2D eigenvalue weighted by atomic mass is 10.1. The molecule has 0 radical (unpaired) electrons. The van der Waals surface area contributed by atoms with Crippen LogP contribution in [0.2, 0.25) is 0 Å². The Morgan fingerprint density at radius 1 is 1.21 bits per heavy atom. The lowest BCUT2D eigenvalue weighted by Gasteiger charge is -2.22. The van der Waals surface area contributed by atoms with Crippen molar-refractivity contribution in [1.82, 2.24) is 4.90 Å². The first-order valence-electron chi connectivity index (χ1n) is 6.53. The zero-order valence-corrected chi connectivity index (χ0v) is 13.1. The molecule has 0 amide bonds. The van der Waals surface area contributed by atoms with Crippen molar-refractivity contribution in [2.75, 3.05) is 5.73 Å². The van der Waals surface area contributed by atoms with E-state index in [1.54, 1.807) is 0 Å². The molecule has 0 atom stereocenters. The van der Waals surface area contributed by atoms with E-state index in [2.05, 4.69) is 44.4 Å². The topological polar surface area (TPSA) is 29.3 Å². The minimum atomic E-state index is 0.730. The average molecular weight is 337 g/mol. The van der Waals surface area contributed by atoms with Crippen molar-refractivity contribution in [3.8, 4) is 0 Å². The molecule has 100 valence electrons. The molecule has 2 N–H and O–H groups in total. The molecule has 0 unspecified atom stereocenters. The van der Waals surface area contributed by atoms with E-state index in [0.29, 0.717) is 0 Å². The monoisotopic (exact) mass is 336 g/mol. The van der Waals surface area contributed by atoms with Crippen LogP contribution in [0, 0.1) is 0 Å². The van der Waals surface area contributed by atoms with Gasteiger partial charge in [0.15, 0.2) is 0 Å². The first kappa shape index (κ1) is 13.2. The summed E-state index contributed by atoms with van der Waals surface area (Å²) in [5.41, 5.74) is 8.20. The summed E-state index contributed by atoms with van der Waals surface area (Å²) in [5.74, 6) is 0. The van der Waals surface area contributed by atoms with Crippen molar-refractivity contribution >= 4 is 33.0 Å². The Morgan fingerprint density at radius 3 is 2.63 bits per heavy atom. The molecule has 0 saturated heterocycles. The number of nitrogen functional groups attached to an aromatic ring is 1. The number of nitrogens with zero attached hydrogens (tertiary/aromatic N) is 1. The maximum Gasteiger partial charge on any atom is 0.0359 e. The Balaban J connectivity index is 1.75. The fraction of sp³-hybridized carbons (Fsp3) is 0.333. The predicted octanol–water partition coefficient (Wildman–Crippen LogP) is 4.26. The Morgan fingerprint density at radius 2 is 2.00 bits per heavy atom. The number of hydrogen-bond donors (Lipinski definition) is 1. The maximum atomic E-state index is 6.06. The molecule has 3 rings (SSSR count). The fourth-order valence-corrected chi connectivity index (χ4v) is 3.78. The number of anilines is 1. The van der Waals surface area contributed by atoms with E-state index in [1.165, 1.54) is 27.8 Å². The summed E-state index contributed by atoms with van der Waals surface area (Å²) in [5, 5.41) is 2.14. The van der Waals surface area contributed by atoms with Crippen LogP contribution in [0.5, 0.6) is 0 Å². The van der Waals surface area contributed by atoms with Gasteiger partial charge in [-0.2, -0.15) is 0 Å². The second-order valence-corrected chi connectivity index (χ2v) is 6.88. The van der Waals surface area contributed by atoms with Crippen molar-refractivity contribution < 1.29 is 0 Å². The van der Waals surface area contributed by atoms with Crippen LogP contribution in [0.25, 0.3) is 0 Å². The van der Waals surface area contributed by atoms with Gasteiger partial charge in [-0.3, -0.25) is 4.90 Å². The zero-order chi connectivity index (χ0) is 13.2. The van der Waals surface area contributed by atoms with Gasteiger partial charge in [-0.1, -0.05) is 18.2 Å². The van der Waals surface area contributed by atoms with E-state index in [-0.39, 0.29) is 0 Å². The van der Waals surface area contributed by atoms with E-state index in [1.807, 2.05) is 23.5 Å². The first-order valence-corrected chi connectivity index (χ1v) is 8.20. The van der Waals surface area contributed by atoms with Crippen LogP contribution >= 0.6 is 27.3 Å². The molecule has 1 heterocycles. The van der Waals surface area contributed by atoms with Gasteiger partial charge in [-0.25, -0.2) is 0 Å². The standard InChI is InChI=1S/C15H17BrN2S/c16-13-7-8-19-15(13)10-18(12-5-6-12)9-11-3-1-2-4-14(11)17/h1-4,7-8,12H,5-6,9-10,17H2. The number of rotatable bonds is 5. The Kier molecular flexibility index (Phi) is 3.91. The summed E-state index contributed by atoms with van der Waals surface area (Å²) in [6, 6.07) is 11.0. The normalized spacial score (nSPS) is 15.1. The van der Waals surface area contributed by atoms with Crippen LogP contribution in [-0.2, 0) is 13.1 Å². The van der Waals surface area contributed by atoms with Gasteiger partial charge in [-0.15, -0.1) is 11.3 Å². The van der Waals surface area contributed by atoms with E-state index < -0.39 is 0 Å². The van der Waals surface area contributed by atoms with E-state index in [0.717, 1.165) is 24.8 Å². The van der Waals surface area contributed by atoms with Gasteiger partial charge in [0.25, 0.3) is 0 Å². The molecule has 2 aromatic rings. The molecule has 0 aliphatic heterocycles. The highest BCUT2D eigenvalue weighted by molar-refractivity contribution is 9.10. The second kappa shape index (κ2) is 5.65. The lowest BCUT2D eigenvalue weighted by molar-refractivity contribution is 0.248. The summed E-state index contributed by atoms with van der Waals surface area (Å²) in [7, 11) is 0. The van der Waals surface area contributed by atoms with Gasteiger partial charge in [0, 0.05) is 34.2 Å². The number of nitrogens with two attached hydrogens (primary N) is 1. The SMILES string of the molecule is Nc1ccccc1CN(Cc1sccc1Br)C1CC1. The first-order chi connectivity index (χ1) is 9.24. The number of halogens is 1. The molecule has 19 heavy (non-hydrogen) atoms. The smallest absolute Gasteiger partial charge is 0.0359 e. The highest BCUT2D eigenvalue weighted by atomic mass is 79.9. The predicted molar refractivity (Wildman–Crippen MR) is 85.1 cm³/mol. The van der Waals surface area contributed by atoms with Crippen LogP contribution in [-0.4, -0.2) is 10.9 Å². The summed E-state index contributed by atoms with van der Waals surface area (Å²) in [6.07, 6.45) is 2.63. The van der Waals surface area contributed by atoms with Crippen molar-refractivity contribution in [3.63, 3.8) is 0 Å². The highest BCUT2D eigenvalue weighted by Gasteiger charge is 2.29. The van der Waals surface area contributed by atoms with Crippen LogP contribution in [0.3, 0.4) is 0 Å². The second-order valence-electron chi connectivity index (χ2n) is 5.03. The summed E-state index contributed by atoms with van der Waals surface area (Å²) < 4.78 is 1.23. The van der Waals surface area contributed by atoms with Gasteiger partial charge < -0.3 is 5.73 Å². The third kappa shape index (κ3) is 3.19. The quantitative estimate of drug-likeness (QED) is 0.826. The highest BCUT2D eigenvalue weighted by Crippen LogP contribution is 2.33. The van der Waals surface area contributed by atoms with Crippen molar-refractivity contribution in [2.24, 2.45) is 0 Å². The largest absolute Gasteiger partial charge is 0.398 e. The number of hydrogen-bond acceptors (Lipinski definition) is 3. The fourth-order valence-electron chi connectivity index (χ4n) is 2.27. The molecule has 1 aliphatic carbocycles. The minimum Gasteiger partial charge on any atom is -0.398 e. The van der Waals surface area contributed by atoms with E-state index in [9.17, 15) is 0 Å².